The van der Waals surface area contributed by atoms with Gasteiger partial charge in [0, 0.05) is 29.6 Å². The Morgan fingerprint density at radius 2 is 2.20 bits per heavy atom. The van der Waals surface area contributed by atoms with Crippen LogP contribution in [0.2, 0.25) is 5.02 Å². The normalized spacial score (nSPS) is 12.2. The molecule has 8 heteroatoms. The second-order valence-corrected chi connectivity index (χ2v) is 7.98. The third kappa shape index (κ3) is 3.83. The van der Waals surface area contributed by atoms with Crippen molar-refractivity contribution >= 4 is 50.8 Å². The molecule has 0 bridgehead atoms. The van der Waals surface area contributed by atoms with E-state index in [-0.39, 0.29) is 5.91 Å². The fraction of sp³-hybridized carbons (Fsp3) is 0.353. The molecule has 0 fully saturated rings. The van der Waals surface area contributed by atoms with Gasteiger partial charge in [0.15, 0.2) is 10.5 Å². The van der Waals surface area contributed by atoms with Crippen molar-refractivity contribution in [1.29, 1.82) is 0 Å². The van der Waals surface area contributed by atoms with Crippen LogP contribution in [0.3, 0.4) is 0 Å². The van der Waals surface area contributed by atoms with Crippen molar-refractivity contribution in [2.45, 2.75) is 26.9 Å². The molecule has 3 aromatic rings. The maximum absolute atomic E-state index is 12.6. The lowest BCUT2D eigenvalue weighted by Crippen LogP contribution is -2.18. The van der Waals surface area contributed by atoms with Crippen LogP contribution < -0.4 is 4.80 Å². The molecule has 0 aliphatic heterocycles. The highest BCUT2D eigenvalue weighted by molar-refractivity contribution is 7.98. The first-order valence-electron chi connectivity index (χ1n) is 7.94. The zero-order valence-corrected chi connectivity index (χ0v) is 16.7. The zero-order valence-electron chi connectivity index (χ0n) is 14.3. The van der Waals surface area contributed by atoms with E-state index in [4.69, 9.17) is 11.6 Å². The number of amides is 1. The summed E-state index contributed by atoms with van der Waals surface area (Å²) in [4.78, 5) is 17.6. The minimum Gasteiger partial charge on any atom is -0.316 e. The smallest absolute Gasteiger partial charge is 0.300 e. The second-order valence-electron chi connectivity index (χ2n) is 5.54. The molecule has 2 aromatic heterocycles. The summed E-state index contributed by atoms with van der Waals surface area (Å²) >= 11 is 9.34. The standard InChI is InChI=1S/C17H19ClN4OS2/c1-4-22-11(2)9-13(20-22)16(23)19-17-21(7-8-24-3)14-6-5-12(18)10-15(14)25-17/h5-6,9-10H,4,7-8H2,1-3H3. The van der Waals surface area contributed by atoms with Crippen LogP contribution in [-0.4, -0.2) is 32.3 Å². The van der Waals surface area contributed by atoms with Crippen molar-refractivity contribution in [2.75, 3.05) is 12.0 Å². The highest BCUT2D eigenvalue weighted by Gasteiger charge is 2.13. The molecule has 0 saturated heterocycles. The molecule has 25 heavy (non-hydrogen) atoms. The van der Waals surface area contributed by atoms with E-state index in [0.717, 1.165) is 34.8 Å². The number of hydrogen-bond donors (Lipinski definition) is 0. The number of nitrogens with zero attached hydrogens (tertiary/aromatic N) is 4. The lowest BCUT2D eigenvalue weighted by Gasteiger charge is -2.03. The summed E-state index contributed by atoms with van der Waals surface area (Å²) in [6.07, 6.45) is 2.06. The second kappa shape index (κ2) is 7.76. The molecule has 3 rings (SSSR count). The third-order valence-corrected chi connectivity index (χ3v) is 5.73. The minimum atomic E-state index is -0.314. The van der Waals surface area contributed by atoms with E-state index in [1.54, 1.807) is 22.5 Å². The Labute approximate surface area is 159 Å². The first-order chi connectivity index (χ1) is 12.0. The Morgan fingerprint density at radius 3 is 2.88 bits per heavy atom. The molecular weight excluding hydrogens is 376 g/mol. The zero-order chi connectivity index (χ0) is 18.0. The summed E-state index contributed by atoms with van der Waals surface area (Å²) in [5.41, 5.74) is 2.39. The Bertz CT molecular complexity index is 986. The summed E-state index contributed by atoms with van der Waals surface area (Å²) in [5.74, 6) is 0.630. The van der Waals surface area contributed by atoms with Crippen LogP contribution in [0.4, 0.5) is 0 Å². The Hall–Kier alpha value is -1.57. The van der Waals surface area contributed by atoms with E-state index >= 15 is 0 Å². The van der Waals surface area contributed by atoms with Crippen molar-refractivity contribution in [1.82, 2.24) is 14.3 Å². The first-order valence-corrected chi connectivity index (χ1v) is 10.5. The molecule has 1 amide bonds. The molecule has 5 nitrogen and oxygen atoms in total. The molecule has 0 radical (unpaired) electrons. The third-order valence-electron chi connectivity index (χ3n) is 3.86. The number of benzene rings is 1. The van der Waals surface area contributed by atoms with Crippen LogP contribution in [0.15, 0.2) is 29.3 Å². The molecular formula is C17H19ClN4OS2. The molecule has 0 spiro atoms. The predicted molar refractivity (Wildman–Crippen MR) is 106 cm³/mol. The minimum absolute atomic E-state index is 0.314. The van der Waals surface area contributed by atoms with Crippen LogP contribution >= 0.6 is 34.7 Å². The molecule has 0 N–H and O–H groups in total. The molecule has 0 saturated carbocycles. The number of hydrogen-bond acceptors (Lipinski definition) is 4. The van der Waals surface area contributed by atoms with Crippen molar-refractivity contribution in [3.8, 4) is 0 Å². The topological polar surface area (TPSA) is 52.2 Å². The lowest BCUT2D eigenvalue weighted by atomic mass is 10.3. The predicted octanol–water partition coefficient (Wildman–Crippen LogP) is 3.99. The molecule has 0 unspecified atom stereocenters. The number of aryl methyl sites for hydroxylation is 3. The summed E-state index contributed by atoms with van der Waals surface area (Å²) < 4.78 is 4.90. The van der Waals surface area contributed by atoms with Crippen molar-refractivity contribution in [3.05, 3.63) is 45.5 Å². The van der Waals surface area contributed by atoms with Gasteiger partial charge in [0.05, 0.1) is 10.2 Å². The van der Waals surface area contributed by atoms with Crippen LogP contribution in [0.25, 0.3) is 10.2 Å². The molecule has 0 aliphatic rings. The van der Waals surface area contributed by atoms with E-state index in [1.807, 2.05) is 32.0 Å². The summed E-state index contributed by atoms with van der Waals surface area (Å²) in [6.45, 7) is 5.45. The Morgan fingerprint density at radius 1 is 1.40 bits per heavy atom. The monoisotopic (exact) mass is 394 g/mol. The SMILES string of the molecule is CCn1nc(C(=O)N=c2sc3cc(Cl)ccc3n2CCSC)cc1C. The van der Waals surface area contributed by atoms with Crippen molar-refractivity contribution in [2.24, 2.45) is 4.99 Å². The van der Waals surface area contributed by atoms with E-state index in [1.165, 1.54) is 11.3 Å². The van der Waals surface area contributed by atoms with Gasteiger partial charge in [-0.3, -0.25) is 9.48 Å². The van der Waals surface area contributed by atoms with E-state index < -0.39 is 0 Å². The quantitative estimate of drug-likeness (QED) is 0.657. The number of thioether (sulfide) groups is 1. The number of carbonyl (C=O) groups excluding carboxylic acids is 1. The van der Waals surface area contributed by atoms with Gasteiger partial charge in [-0.25, -0.2) is 0 Å². The van der Waals surface area contributed by atoms with Gasteiger partial charge >= 0.3 is 0 Å². The van der Waals surface area contributed by atoms with Gasteiger partial charge in [-0.2, -0.15) is 21.9 Å². The first kappa shape index (κ1) is 18.2. The Balaban J connectivity index is 2.08. The highest BCUT2D eigenvalue weighted by Crippen LogP contribution is 2.22. The van der Waals surface area contributed by atoms with Gasteiger partial charge in [-0.1, -0.05) is 22.9 Å². The molecule has 0 aliphatic carbocycles. The fourth-order valence-electron chi connectivity index (χ4n) is 2.61. The maximum Gasteiger partial charge on any atom is 0.300 e. The fourth-order valence-corrected chi connectivity index (χ4v) is 4.31. The number of aromatic nitrogens is 3. The van der Waals surface area contributed by atoms with Gasteiger partial charge in [0.2, 0.25) is 0 Å². The van der Waals surface area contributed by atoms with Crippen LogP contribution in [-0.2, 0) is 13.1 Å². The number of carbonyl (C=O) groups is 1. The van der Waals surface area contributed by atoms with Crippen LogP contribution in [0.5, 0.6) is 0 Å². The molecule has 1 aromatic carbocycles. The average Bonchev–Trinajstić information content (AvgIpc) is 3.12. The number of fused-ring (bicyclic) bond motifs is 1. The summed E-state index contributed by atoms with van der Waals surface area (Å²) in [7, 11) is 0. The largest absolute Gasteiger partial charge is 0.316 e. The van der Waals surface area contributed by atoms with Gasteiger partial charge < -0.3 is 4.57 Å². The number of halogens is 1. The molecule has 2 heterocycles. The lowest BCUT2D eigenvalue weighted by molar-refractivity contribution is 0.0992. The summed E-state index contributed by atoms with van der Waals surface area (Å²) in [6, 6.07) is 7.54. The average molecular weight is 395 g/mol. The number of rotatable bonds is 5. The van der Waals surface area contributed by atoms with Gasteiger partial charge in [0.25, 0.3) is 5.91 Å². The van der Waals surface area contributed by atoms with E-state index in [9.17, 15) is 4.79 Å². The van der Waals surface area contributed by atoms with Crippen LogP contribution in [0.1, 0.15) is 23.1 Å². The van der Waals surface area contributed by atoms with Crippen molar-refractivity contribution in [3.63, 3.8) is 0 Å². The highest BCUT2D eigenvalue weighted by atomic mass is 35.5. The Kier molecular flexibility index (Phi) is 5.66. The van der Waals surface area contributed by atoms with Crippen LogP contribution in [0, 0.1) is 6.92 Å². The number of thiazole rings is 1. The van der Waals surface area contributed by atoms with Gasteiger partial charge in [0.1, 0.15) is 0 Å². The van der Waals surface area contributed by atoms with Gasteiger partial charge in [-0.05, 0) is 44.4 Å². The van der Waals surface area contributed by atoms with Gasteiger partial charge in [-0.15, -0.1) is 0 Å². The molecule has 0 atom stereocenters. The van der Waals surface area contributed by atoms with Crippen molar-refractivity contribution < 1.29 is 4.79 Å². The summed E-state index contributed by atoms with van der Waals surface area (Å²) in [5, 5.41) is 5.01. The molecule has 132 valence electrons. The van der Waals surface area contributed by atoms with E-state index in [0.29, 0.717) is 15.5 Å². The maximum atomic E-state index is 12.6. The van der Waals surface area contributed by atoms with E-state index in [2.05, 4.69) is 20.9 Å².